The van der Waals surface area contributed by atoms with Gasteiger partial charge in [-0.25, -0.2) is 9.36 Å². The van der Waals surface area contributed by atoms with Crippen molar-refractivity contribution in [3.63, 3.8) is 0 Å². The smallest absolute Gasteiger partial charge is 0.789 e. The maximum Gasteiger partial charge on any atom is 1.00 e. The molecule has 1 fully saturated rings. The van der Waals surface area contributed by atoms with E-state index >= 15 is 0 Å². The van der Waals surface area contributed by atoms with E-state index in [-0.39, 0.29) is 64.9 Å². The van der Waals surface area contributed by atoms with Crippen LogP contribution in [-0.4, -0.2) is 59.6 Å². The number of aliphatic hydroxyl groups excluding tert-OH is 3. The number of aliphatic hydroxyl groups is 3. The van der Waals surface area contributed by atoms with E-state index in [4.69, 9.17) is 25.4 Å². The summed E-state index contributed by atoms with van der Waals surface area (Å²) in [5.41, 5.74) is 4.63. The molecule has 0 aliphatic carbocycles. The van der Waals surface area contributed by atoms with Gasteiger partial charge in [0, 0.05) is 6.20 Å². The molecule has 1 aliphatic rings. The van der Waals surface area contributed by atoms with Gasteiger partial charge in [-0.3, -0.25) is 8.88 Å². The number of rotatable bonds is 4. The van der Waals surface area contributed by atoms with Crippen molar-refractivity contribution in [3.8, 4) is 0 Å². The fourth-order valence-corrected chi connectivity index (χ4v) is 2.90. The molecule has 28 heavy (non-hydrogen) atoms. The van der Waals surface area contributed by atoms with E-state index in [0.717, 1.165) is 4.57 Å². The molecule has 0 spiro atoms. The minimum Gasteiger partial charge on any atom is -0.789 e. The predicted octanol–water partition coefficient (Wildman–Crippen LogP) is -10.6. The Morgan fingerprint density at radius 1 is 1.25 bits per heavy atom. The minimum absolute atomic E-state index is 0. The van der Waals surface area contributed by atoms with Crippen molar-refractivity contribution in [1.82, 2.24) is 9.55 Å². The van der Waals surface area contributed by atoms with Crippen LogP contribution in [0.1, 0.15) is 6.23 Å². The van der Waals surface area contributed by atoms with Gasteiger partial charge in [-0.2, -0.15) is 4.98 Å². The van der Waals surface area contributed by atoms with Crippen molar-refractivity contribution in [3.05, 3.63) is 22.7 Å². The first-order valence-electron chi connectivity index (χ1n) is 6.51. The van der Waals surface area contributed by atoms with E-state index in [1.54, 1.807) is 0 Å². The van der Waals surface area contributed by atoms with Gasteiger partial charge in [0.15, 0.2) is 6.23 Å². The molecule has 1 saturated heterocycles. The normalized spacial score (nSPS) is 24.4. The summed E-state index contributed by atoms with van der Waals surface area (Å²) >= 11 is 0. The number of hydrogen-bond donors (Lipinski definition) is 6. The van der Waals surface area contributed by atoms with Crippen molar-refractivity contribution in [1.29, 1.82) is 0 Å². The van der Waals surface area contributed by atoms with E-state index in [2.05, 4.69) is 9.29 Å². The van der Waals surface area contributed by atoms with Gasteiger partial charge in [-0.1, -0.05) is 0 Å². The number of anilines is 1. The van der Waals surface area contributed by atoms with Gasteiger partial charge in [-0.05, 0) is 6.07 Å². The van der Waals surface area contributed by atoms with Gasteiger partial charge < -0.3 is 49.9 Å². The van der Waals surface area contributed by atoms with Crippen LogP contribution in [0.25, 0.3) is 0 Å². The summed E-state index contributed by atoms with van der Waals surface area (Å²) in [6, 6.07) is 1.37. The average molecular weight is 465 g/mol. The first-order chi connectivity index (χ1) is 11.7. The monoisotopic (exact) mass is 465 g/mol. The molecule has 1 aliphatic heterocycles. The van der Waals surface area contributed by atoms with Crippen LogP contribution in [0.5, 0.6) is 0 Å². The Hall–Kier alpha value is 0.780. The first kappa shape index (κ1) is 31.0. The third-order valence-corrected chi connectivity index (χ3v) is 4.50. The molecule has 0 aromatic carbocycles. The van der Waals surface area contributed by atoms with Gasteiger partial charge in [-0.15, -0.1) is 0 Å². The molecular weight excluding hydrogens is 450 g/mol. The molecule has 4 atom stereocenters. The Bertz CT molecular complexity index is 749. The summed E-state index contributed by atoms with van der Waals surface area (Å²) in [5, 5.41) is 28.2. The molecule has 0 amide bonds. The largest absolute Gasteiger partial charge is 1.00 e. The van der Waals surface area contributed by atoms with Crippen molar-refractivity contribution in [2.45, 2.75) is 24.5 Å². The van der Waals surface area contributed by atoms with Crippen LogP contribution < -0.4 is 80.3 Å². The van der Waals surface area contributed by atoms with Crippen LogP contribution in [-0.2, 0) is 18.2 Å². The van der Waals surface area contributed by atoms with Crippen LogP contribution in [0, 0.1) is 0 Å². The van der Waals surface area contributed by atoms with Crippen molar-refractivity contribution < 1.29 is 112 Å². The maximum atomic E-state index is 11.5. The van der Waals surface area contributed by atoms with E-state index in [9.17, 15) is 33.9 Å². The molecule has 0 unspecified atom stereocenters. The Balaban J connectivity index is 0. The van der Waals surface area contributed by atoms with Gasteiger partial charge >= 0.3 is 72.6 Å². The van der Waals surface area contributed by atoms with Crippen LogP contribution in [0.2, 0.25) is 0 Å². The molecule has 0 radical (unpaired) electrons. The molecule has 2 rings (SSSR count). The topological polar surface area (TPSA) is 261 Å². The van der Waals surface area contributed by atoms with E-state index in [0.29, 0.717) is 0 Å². The minimum atomic E-state index is -5.55. The Morgan fingerprint density at radius 3 is 2.11 bits per heavy atom. The number of hydrogen-bond acceptors (Lipinski definition) is 12. The molecule has 1 aromatic heterocycles. The second-order valence-electron chi connectivity index (χ2n) is 4.79. The SMILES string of the molecule is Nc1ccn([C@@H]2O[C@H](CO)[C@@H](O)[C@H]2O)c(=O)n1.O=P([O-])([O-])OP(=O)(O)O.[Na+].[Na+]. The van der Waals surface area contributed by atoms with Gasteiger partial charge in [0.05, 0.1) is 14.4 Å². The second-order valence-corrected chi connectivity index (χ2v) is 7.32. The summed E-state index contributed by atoms with van der Waals surface area (Å²) in [4.78, 5) is 49.1. The molecule has 0 saturated carbocycles. The summed E-state index contributed by atoms with van der Waals surface area (Å²) < 4.78 is 27.9. The van der Waals surface area contributed by atoms with Gasteiger partial charge in [0.2, 0.25) is 0 Å². The molecule has 1 aromatic rings. The number of nitrogens with two attached hydrogens (primary N) is 1. The number of nitrogen functional groups attached to an aromatic ring is 1. The summed E-state index contributed by atoms with van der Waals surface area (Å²) in [7, 11) is -10.7. The predicted molar refractivity (Wildman–Crippen MR) is 76.7 cm³/mol. The Labute approximate surface area is 201 Å². The van der Waals surface area contributed by atoms with E-state index in [1.165, 1.54) is 12.3 Å². The third-order valence-electron chi connectivity index (χ3n) is 2.85. The van der Waals surface area contributed by atoms with Gasteiger partial charge in [0.1, 0.15) is 24.1 Å². The van der Waals surface area contributed by atoms with Crippen LogP contribution in [0.3, 0.4) is 0 Å². The van der Waals surface area contributed by atoms with E-state index in [1.807, 2.05) is 0 Å². The van der Waals surface area contributed by atoms with Crippen LogP contribution in [0.15, 0.2) is 17.1 Å². The molecule has 15 nitrogen and oxygen atoms in total. The number of nitrogens with zero attached hydrogens (tertiary/aromatic N) is 2. The molecule has 19 heteroatoms. The fraction of sp³-hybridized carbons (Fsp3) is 0.556. The quantitative estimate of drug-likeness (QED) is 0.178. The average Bonchev–Trinajstić information content (AvgIpc) is 2.72. The molecule has 150 valence electrons. The summed E-state index contributed by atoms with van der Waals surface area (Å²) in [5.74, 6) is 0.0537. The Morgan fingerprint density at radius 2 is 1.79 bits per heavy atom. The molecular formula is C9H15N3Na2O12P2. The molecule has 2 heterocycles. The van der Waals surface area contributed by atoms with Gasteiger partial charge in [0.25, 0.3) is 0 Å². The number of aromatic nitrogens is 2. The van der Waals surface area contributed by atoms with Crippen LogP contribution >= 0.6 is 15.6 Å². The third kappa shape index (κ3) is 10.2. The fourth-order valence-electron chi connectivity index (χ4n) is 1.86. The molecule has 0 bridgehead atoms. The maximum absolute atomic E-state index is 11.5. The van der Waals surface area contributed by atoms with Crippen molar-refractivity contribution in [2.75, 3.05) is 12.3 Å². The zero-order chi connectivity index (χ0) is 20.3. The molecule has 7 N–H and O–H groups in total. The standard InChI is InChI=1S/C9H13N3O5.2Na.H4O7P2/c10-5-1-2-12(9(16)11-5)8-7(15)6(14)4(3-13)17-8;;;1-8(2,3)7-9(4,5)6/h1-2,4,6-8,13-15H,3H2,(H2,10,11,16);;;(H2,1,2,3)(H2,4,5,6)/q;2*+1;/p-2/t4-,6-,7-,8-;;;/m1.../s1. The zero-order valence-corrected chi connectivity index (χ0v) is 20.4. The first-order valence-corrected chi connectivity index (χ1v) is 9.50. The summed E-state index contributed by atoms with van der Waals surface area (Å²) in [6.45, 7) is -0.453. The summed E-state index contributed by atoms with van der Waals surface area (Å²) in [6.07, 6.45) is -3.27. The van der Waals surface area contributed by atoms with E-state index < -0.39 is 52.5 Å². The van der Waals surface area contributed by atoms with Crippen molar-refractivity contribution >= 4 is 21.5 Å². The van der Waals surface area contributed by atoms with Crippen LogP contribution in [0.4, 0.5) is 5.82 Å². The van der Waals surface area contributed by atoms with Crippen molar-refractivity contribution in [2.24, 2.45) is 0 Å². The second kappa shape index (κ2) is 12.6. The number of ether oxygens (including phenoxy) is 1. The zero-order valence-electron chi connectivity index (χ0n) is 14.6. The Kier molecular flexibility index (Phi) is 13.9. The number of phosphoric acid groups is 2.